The van der Waals surface area contributed by atoms with E-state index < -0.39 is 0 Å². The van der Waals surface area contributed by atoms with Gasteiger partial charge in [-0.25, -0.2) is 10.4 Å². The van der Waals surface area contributed by atoms with Gasteiger partial charge in [-0.3, -0.25) is 9.69 Å². The first kappa shape index (κ1) is 17.1. The minimum absolute atomic E-state index is 0.0647. The molecular weight excluding hydrogens is 348 g/mol. The first-order valence-electron chi connectivity index (χ1n) is 8.73. The summed E-state index contributed by atoms with van der Waals surface area (Å²) in [7, 11) is 1.94. The standard InChI is InChI=1S/C17H22N8S/c1-11-8-13(9-18)16-19-14(21-25(16)12(11)2)4-5-15-20-17(22-23(15)3)24-6-7-26-10-24/h8,14,21H,4-7,10H2,1-3H3. The highest BCUT2D eigenvalue weighted by Crippen LogP contribution is 2.26. The van der Waals surface area contributed by atoms with Gasteiger partial charge in [0.25, 0.3) is 0 Å². The van der Waals surface area contributed by atoms with Crippen molar-refractivity contribution in [3.8, 4) is 6.07 Å². The number of nitrogens with one attached hydrogen (secondary N) is 1. The molecule has 26 heavy (non-hydrogen) atoms. The molecule has 3 aliphatic rings. The summed E-state index contributed by atoms with van der Waals surface area (Å²) in [5.74, 6) is 4.59. The number of allylic oxidation sites excluding steroid dienone is 3. The topological polar surface area (TPSA) is 85.4 Å². The molecule has 1 unspecified atom stereocenters. The molecule has 1 N–H and O–H groups in total. The summed E-state index contributed by atoms with van der Waals surface area (Å²) in [6.45, 7) is 5.05. The monoisotopic (exact) mass is 370 g/mol. The number of anilines is 1. The highest BCUT2D eigenvalue weighted by Gasteiger charge is 2.31. The third kappa shape index (κ3) is 2.99. The van der Waals surface area contributed by atoms with E-state index in [4.69, 9.17) is 9.98 Å². The van der Waals surface area contributed by atoms with Gasteiger partial charge in [-0.1, -0.05) is 0 Å². The molecule has 4 rings (SSSR count). The number of rotatable bonds is 4. The largest absolute Gasteiger partial charge is 0.329 e. The van der Waals surface area contributed by atoms with Crippen LogP contribution in [0.4, 0.5) is 5.95 Å². The van der Waals surface area contributed by atoms with Crippen LogP contribution >= 0.6 is 11.8 Å². The maximum Gasteiger partial charge on any atom is 0.245 e. The van der Waals surface area contributed by atoms with E-state index >= 15 is 0 Å². The number of thioether (sulfide) groups is 1. The third-order valence-electron chi connectivity index (χ3n) is 4.92. The summed E-state index contributed by atoms with van der Waals surface area (Å²) in [5, 5.41) is 15.9. The van der Waals surface area contributed by atoms with Crippen molar-refractivity contribution < 1.29 is 0 Å². The average Bonchev–Trinajstić information content (AvgIpc) is 3.35. The predicted molar refractivity (Wildman–Crippen MR) is 102 cm³/mol. The second-order valence-corrected chi connectivity index (χ2v) is 7.74. The van der Waals surface area contributed by atoms with Gasteiger partial charge in [-0.2, -0.15) is 10.2 Å². The second-order valence-electron chi connectivity index (χ2n) is 6.66. The quantitative estimate of drug-likeness (QED) is 0.861. The van der Waals surface area contributed by atoms with Crippen molar-refractivity contribution in [3.05, 3.63) is 28.7 Å². The normalized spacial score (nSPS) is 22.5. The predicted octanol–water partition coefficient (Wildman–Crippen LogP) is 1.56. The van der Waals surface area contributed by atoms with Crippen LogP contribution in [0.3, 0.4) is 0 Å². The summed E-state index contributed by atoms with van der Waals surface area (Å²) in [6, 6.07) is 2.24. The lowest BCUT2D eigenvalue weighted by molar-refractivity contribution is 0.340. The first-order valence-corrected chi connectivity index (χ1v) is 9.88. The number of aromatic nitrogens is 3. The van der Waals surface area contributed by atoms with Crippen LogP contribution in [0, 0.1) is 11.3 Å². The van der Waals surface area contributed by atoms with Crippen molar-refractivity contribution >= 4 is 23.5 Å². The van der Waals surface area contributed by atoms with E-state index in [9.17, 15) is 5.26 Å². The molecule has 4 heterocycles. The zero-order chi connectivity index (χ0) is 18.3. The Balaban J connectivity index is 1.45. The van der Waals surface area contributed by atoms with Gasteiger partial charge in [0.05, 0.1) is 11.4 Å². The maximum absolute atomic E-state index is 9.38. The Hall–Kier alpha value is -2.31. The van der Waals surface area contributed by atoms with Crippen LogP contribution < -0.4 is 10.3 Å². The molecule has 1 saturated heterocycles. The zero-order valence-corrected chi connectivity index (χ0v) is 16.0. The number of nitriles is 1. The van der Waals surface area contributed by atoms with Gasteiger partial charge < -0.3 is 4.90 Å². The number of hydrogen-bond acceptors (Lipinski definition) is 8. The highest BCUT2D eigenvalue weighted by molar-refractivity contribution is 7.99. The number of hydrogen-bond donors (Lipinski definition) is 1. The first-order chi connectivity index (χ1) is 12.6. The third-order valence-corrected chi connectivity index (χ3v) is 5.88. The Kier molecular flexibility index (Phi) is 4.46. The smallest absolute Gasteiger partial charge is 0.245 e. The molecule has 9 heteroatoms. The number of hydrazine groups is 1. The van der Waals surface area contributed by atoms with Crippen molar-refractivity contribution in [2.24, 2.45) is 12.0 Å². The Bertz CT molecular complexity index is 853. The minimum atomic E-state index is -0.0647. The van der Waals surface area contributed by atoms with Gasteiger partial charge in [-0.15, -0.1) is 16.9 Å². The van der Waals surface area contributed by atoms with Crippen molar-refractivity contribution in [1.29, 1.82) is 5.26 Å². The second kappa shape index (κ2) is 6.78. The molecule has 0 spiro atoms. The summed E-state index contributed by atoms with van der Waals surface area (Å²) in [6.07, 6.45) is 3.41. The molecule has 0 saturated carbocycles. The van der Waals surface area contributed by atoms with Crippen LogP contribution in [-0.2, 0) is 13.5 Å². The molecule has 0 bridgehead atoms. The SMILES string of the molecule is CC1=C(C)N2NC(CCc3nc(N4CCSC4)nn3C)N=C2C(C#N)=C1. The lowest BCUT2D eigenvalue weighted by Gasteiger charge is -2.26. The maximum atomic E-state index is 9.38. The van der Waals surface area contributed by atoms with Crippen molar-refractivity contribution in [3.63, 3.8) is 0 Å². The number of aryl methyl sites for hydroxylation is 2. The number of nitrogens with zero attached hydrogens (tertiary/aromatic N) is 7. The van der Waals surface area contributed by atoms with Crippen molar-refractivity contribution in [1.82, 2.24) is 25.2 Å². The summed E-state index contributed by atoms with van der Waals surface area (Å²) >= 11 is 1.91. The van der Waals surface area contributed by atoms with Gasteiger partial charge in [0.15, 0.2) is 5.84 Å². The Morgan fingerprint density at radius 1 is 1.42 bits per heavy atom. The zero-order valence-electron chi connectivity index (χ0n) is 15.2. The van der Waals surface area contributed by atoms with E-state index in [1.807, 2.05) is 48.4 Å². The molecule has 1 aromatic rings. The molecule has 1 fully saturated rings. The minimum Gasteiger partial charge on any atom is -0.329 e. The van der Waals surface area contributed by atoms with E-state index in [1.165, 1.54) is 0 Å². The Morgan fingerprint density at radius 3 is 3.00 bits per heavy atom. The molecule has 136 valence electrons. The van der Waals surface area contributed by atoms with E-state index in [0.29, 0.717) is 11.4 Å². The Morgan fingerprint density at radius 2 is 2.27 bits per heavy atom. The van der Waals surface area contributed by atoms with E-state index in [2.05, 4.69) is 21.5 Å². The van der Waals surface area contributed by atoms with Crippen LogP contribution in [0.15, 0.2) is 27.9 Å². The summed E-state index contributed by atoms with van der Waals surface area (Å²) in [5.41, 5.74) is 6.16. The van der Waals surface area contributed by atoms with E-state index in [0.717, 1.165) is 54.1 Å². The molecule has 0 aromatic carbocycles. The van der Waals surface area contributed by atoms with Crippen LogP contribution in [0.1, 0.15) is 26.1 Å². The molecule has 3 aliphatic heterocycles. The fourth-order valence-corrected chi connectivity index (χ4v) is 4.20. The van der Waals surface area contributed by atoms with Crippen molar-refractivity contribution in [2.75, 3.05) is 23.1 Å². The highest BCUT2D eigenvalue weighted by atomic mass is 32.2. The molecule has 8 nitrogen and oxygen atoms in total. The van der Waals surface area contributed by atoms with Crippen LogP contribution in [0.2, 0.25) is 0 Å². The fourth-order valence-electron chi connectivity index (χ4n) is 3.25. The lowest BCUT2D eigenvalue weighted by Crippen LogP contribution is -2.41. The molecule has 0 amide bonds. The molecule has 1 atom stereocenters. The molecule has 0 radical (unpaired) electrons. The fraction of sp³-hybridized carbons (Fsp3) is 0.529. The van der Waals surface area contributed by atoms with Crippen molar-refractivity contribution in [2.45, 2.75) is 32.9 Å². The summed E-state index contributed by atoms with van der Waals surface area (Å²) in [4.78, 5) is 11.6. The average molecular weight is 370 g/mol. The van der Waals surface area contributed by atoms with E-state index in [-0.39, 0.29) is 6.17 Å². The van der Waals surface area contributed by atoms with Crippen LogP contribution in [0.5, 0.6) is 0 Å². The van der Waals surface area contributed by atoms with Gasteiger partial charge in [0, 0.05) is 31.5 Å². The van der Waals surface area contributed by atoms with Gasteiger partial charge >= 0.3 is 0 Å². The van der Waals surface area contributed by atoms with Gasteiger partial charge in [0.1, 0.15) is 18.1 Å². The molecule has 0 aliphatic carbocycles. The number of fused-ring (bicyclic) bond motifs is 1. The summed E-state index contributed by atoms with van der Waals surface area (Å²) < 4.78 is 1.86. The van der Waals surface area contributed by atoms with Gasteiger partial charge in [0.2, 0.25) is 5.95 Å². The number of amidine groups is 1. The van der Waals surface area contributed by atoms with Crippen LogP contribution in [0.25, 0.3) is 0 Å². The Labute approximate surface area is 157 Å². The lowest BCUT2D eigenvalue weighted by atomic mass is 10.1. The number of aliphatic imine (C=N–C) groups is 1. The van der Waals surface area contributed by atoms with Gasteiger partial charge in [-0.05, 0) is 31.9 Å². The van der Waals surface area contributed by atoms with Crippen LogP contribution in [-0.4, -0.2) is 49.9 Å². The molecule has 1 aromatic heterocycles. The molecular formula is C17H22N8S. The van der Waals surface area contributed by atoms with E-state index in [1.54, 1.807) is 0 Å².